The normalized spacial score (nSPS) is 19.6. The molecular weight excluding hydrogens is 357 g/mol. The lowest BCUT2D eigenvalue weighted by molar-refractivity contribution is 0.0962. The maximum Gasteiger partial charge on any atom is 0.173 e. The zero-order valence-corrected chi connectivity index (χ0v) is 11.2. The van der Waals surface area contributed by atoms with Crippen molar-refractivity contribution in [1.82, 2.24) is 0 Å². The minimum atomic E-state index is -0.102. The molecule has 0 spiro atoms. The van der Waals surface area contributed by atoms with E-state index in [1.165, 1.54) is 0 Å². The second-order valence-electron chi connectivity index (χ2n) is 3.21. The van der Waals surface area contributed by atoms with Crippen LogP contribution < -0.4 is 0 Å². The van der Waals surface area contributed by atoms with Gasteiger partial charge in [-0.05, 0) is 50.7 Å². The zero-order chi connectivity index (χ0) is 10.3. The van der Waals surface area contributed by atoms with Gasteiger partial charge in [-0.1, -0.05) is 6.92 Å². The summed E-state index contributed by atoms with van der Waals surface area (Å²) in [6.07, 6.45) is 1.70. The third kappa shape index (κ3) is 1.65. The van der Waals surface area contributed by atoms with E-state index in [2.05, 4.69) is 43.5 Å². The minimum Gasteiger partial charge on any atom is -0.293 e. The fourth-order valence-electron chi connectivity index (χ4n) is 1.35. The van der Waals surface area contributed by atoms with Gasteiger partial charge in [-0.2, -0.15) is 0 Å². The lowest BCUT2D eigenvalue weighted by Crippen LogP contribution is -2.16. The fraction of sp³-hybridized carbons (Fsp3) is 0.200. The van der Waals surface area contributed by atoms with Crippen LogP contribution in [0.25, 0.3) is 0 Å². The van der Waals surface area contributed by atoms with E-state index in [-0.39, 0.29) is 11.7 Å². The van der Waals surface area contributed by atoms with Gasteiger partial charge < -0.3 is 0 Å². The van der Waals surface area contributed by atoms with Gasteiger partial charge in [-0.3, -0.25) is 9.79 Å². The molecule has 4 heteroatoms. The van der Waals surface area contributed by atoms with Crippen molar-refractivity contribution in [3.05, 3.63) is 25.7 Å². The van der Waals surface area contributed by atoms with Crippen LogP contribution in [-0.4, -0.2) is 12.0 Å². The molecule has 2 rings (SSSR count). The Morgan fingerprint density at radius 3 is 2.93 bits per heavy atom. The number of carbonyl (C=O) groups is 1. The van der Waals surface area contributed by atoms with Crippen LogP contribution in [-0.2, 0) is 0 Å². The van der Waals surface area contributed by atoms with Crippen molar-refractivity contribution >= 4 is 56.2 Å². The Hall–Kier alpha value is -0.230. The monoisotopic (exact) mass is 363 g/mol. The van der Waals surface area contributed by atoms with E-state index in [0.717, 1.165) is 13.7 Å². The second kappa shape index (κ2) is 3.73. The fourth-order valence-corrected chi connectivity index (χ4v) is 2.14. The number of hydrogen-bond donors (Lipinski definition) is 0. The highest BCUT2D eigenvalue weighted by molar-refractivity contribution is 14.1. The van der Waals surface area contributed by atoms with Gasteiger partial charge in [0, 0.05) is 19.8 Å². The summed E-state index contributed by atoms with van der Waals surface area (Å²) in [6, 6.07) is 3.77. The molecule has 0 saturated heterocycles. The summed E-state index contributed by atoms with van der Waals surface area (Å²) in [5, 5.41) is 0. The Morgan fingerprint density at radius 2 is 2.21 bits per heavy atom. The topological polar surface area (TPSA) is 29.4 Å². The number of nitrogens with zero attached hydrogens (tertiary/aromatic N) is 1. The van der Waals surface area contributed by atoms with Crippen molar-refractivity contribution in [2.75, 3.05) is 0 Å². The predicted octanol–water partition coefficient (Wildman–Crippen LogP) is 3.59. The predicted molar refractivity (Wildman–Crippen MR) is 68.5 cm³/mol. The van der Waals surface area contributed by atoms with E-state index < -0.39 is 0 Å². The third-order valence-corrected chi connectivity index (χ3v) is 4.44. The molecule has 14 heavy (non-hydrogen) atoms. The third-order valence-electron chi connectivity index (χ3n) is 2.15. The van der Waals surface area contributed by atoms with Gasteiger partial charge in [-0.15, -0.1) is 0 Å². The molecule has 1 aromatic carbocycles. The summed E-state index contributed by atoms with van der Waals surface area (Å²) >= 11 is 5.62. The van der Waals surface area contributed by atoms with Crippen LogP contribution >= 0.6 is 38.5 Å². The molecule has 1 aliphatic rings. The molecule has 72 valence electrons. The quantitative estimate of drug-likeness (QED) is 0.648. The van der Waals surface area contributed by atoms with Gasteiger partial charge >= 0.3 is 0 Å². The van der Waals surface area contributed by atoms with Gasteiger partial charge in [0.2, 0.25) is 0 Å². The van der Waals surface area contributed by atoms with E-state index in [1.807, 2.05) is 19.1 Å². The van der Waals surface area contributed by atoms with Crippen LogP contribution in [0.2, 0.25) is 0 Å². The molecule has 0 radical (unpaired) electrons. The number of rotatable bonds is 0. The molecule has 2 nitrogen and oxygen atoms in total. The number of benzene rings is 1. The second-order valence-corrected chi connectivity index (χ2v) is 5.23. The van der Waals surface area contributed by atoms with Crippen molar-refractivity contribution in [1.29, 1.82) is 0 Å². The lowest BCUT2D eigenvalue weighted by atomic mass is 9.96. The van der Waals surface area contributed by atoms with Gasteiger partial charge in [0.1, 0.15) is 0 Å². The Balaban J connectivity index is 2.64. The number of Topliss-reactive ketones (excluding diaryl/α,β-unsaturated/α-hetero) is 1. The molecule has 0 aromatic heterocycles. The van der Waals surface area contributed by atoms with Crippen molar-refractivity contribution in [3.8, 4) is 0 Å². The lowest BCUT2D eigenvalue weighted by Gasteiger charge is -2.14. The smallest absolute Gasteiger partial charge is 0.173 e. The zero-order valence-electron chi connectivity index (χ0n) is 7.42. The first-order chi connectivity index (χ1) is 6.59. The molecule has 1 atom stereocenters. The molecule has 0 aliphatic carbocycles. The van der Waals surface area contributed by atoms with Crippen molar-refractivity contribution in [2.45, 2.75) is 6.92 Å². The van der Waals surface area contributed by atoms with Gasteiger partial charge in [-0.25, -0.2) is 0 Å². The number of fused-ring (bicyclic) bond motifs is 1. The summed E-state index contributed by atoms with van der Waals surface area (Å²) in [6.45, 7) is 1.86. The molecule has 1 aliphatic heterocycles. The molecule has 1 unspecified atom stereocenters. The van der Waals surface area contributed by atoms with Gasteiger partial charge in [0.05, 0.1) is 11.6 Å². The summed E-state index contributed by atoms with van der Waals surface area (Å²) in [5.41, 5.74) is 1.49. The highest BCUT2D eigenvalue weighted by Crippen LogP contribution is 2.32. The Bertz CT molecular complexity index is 442. The van der Waals surface area contributed by atoms with E-state index >= 15 is 0 Å². The molecule has 0 bridgehead atoms. The van der Waals surface area contributed by atoms with Crippen LogP contribution in [0.4, 0.5) is 5.69 Å². The number of ketones is 1. The molecule has 0 amide bonds. The molecule has 0 fully saturated rings. The van der Waals surface area contributed by atoms with Crippen molar-refractivity contribution < 1.29 is 4.79 Å². The maximum absolute atomic E-state index is 11.8. The number of hydrogen-bond acceptors (Lipinski definition) is 2. The highest BCUT2D eigenvalue weighted by Gasteiger charge is 2.21. The largest absolute Gasteiger partial charge is 0.293 e. The van der Waals surface area contributed by atoms with E-state index in [1.54, 1.807) is 6.21 Å². The first-order valence-corrected chi connectivity index (χ1v) is 6.04. The number of halogens is 2. The summed E-state index contributed by atoms with van der Waals surface area (Å²) in [4.78, 5) is 16.0. The van der Waals surface area contributed by atoms with Gasteiger partial charge in [0.15, 0.2) is 5.78 Å². The Kier molecular flexibility index (Phi) is 2.74. The maximum atomic E-state index is 11.8. The standard InChI is InChI=1S/C10H7BrINO/c1-5-4-13-9-3-8(12)7(11)2-6(9)10(5)14/h2-5H,1H3. The van der Waals surface area contributed by atoms with E-state index in [9.17, 15) is 4.79 Å². The molecule has 1 aromatic rings. The Labute approximate surface area is 104 Å². The van der Waals surface area contributed by atoms with E-state index in [0.29, 0.717) is 5.56 Å². The van der Waals surface area contributed by atoms with Crippen molar-refractivity contribution in [3.63, 3.8) is 0 Å². The van der Waals surface area contributed by atoms with Gasteiger partial charge in [0.25, 0.3) is 0 Å². The summed E-state index contributed by atoms with van der Waals surface area (Å²) < 4.78 is 2.02. The first kappa shape index (κ1) is 10.3. The average Bonchev–Trinajstić information content (AvgIpc) is 2.15. The molecule has 0 N–H and O–H groups in total. The molecule has 0 saturated carbocycles. The molecule has 1 heterocycles. The summed E-state index contributed by atoms with van der Waals surface area (Å²) in [5.74, 6) is 0.0431. The number of carbonyl (C=O) groups excluding carboxylic acids is 1. The van der Waals surface area contributed by atoms with Crippen LogP contribution in [0.3, 0.4) is 0 Å². The SMILES string of the molecule is CC1C=Nc2cc(I)c(Br)cc2C1=O. The van der Waals surface area contributed by atoms with E-state index in [4.69, 9.17) is 0 Å². The average molecular weight is 364 g/mol. The van der Waals surface area contributed by atoms with Crippen LogP contribution in [0, 0.1) is 9.49 Å². The first-order valence-electron chi connectivity index (χ1n) is 4.17. The molecular formula is C10H7BrINO. The van der Waals surface area contributed by atoms with Crippen LogP contribution in [0.15, 0.2) is 21.6 Å². The van der Waals surface area contributed by atoms with Crippen LogP contribution in [0.5, 0.6) is 0 Å². The summed E-state index contributed by atoms with van der Waals surface area (Å²) in [7, 11) is 0. The highest BCUT2D eigenvalue weighted by atomic mass is 127. The Morgan fingerprint density at radius 1 is 1.50 bits per heavy atom. The van der Waals surface area contributed by atoms with Crippen molar-refractivity contribution in [2.24, 2.45) is 10.9 Å². The van der Waals surface area contributed by atoms with Crippen LogP contribution in [0.1, 0.15) is 17.3 Å². The number of aliphatic imine (C=N–C) groups is 1. The minimum absolute atomic E-state index is 0.102.